The number of hydrogen-bond donors (Lipinski definition) is 2. The lowest BCUT2D eigenvalue weighted by Gasteiger charge is -2.13. The minimum Gasteiger partial charge on any atom is -0.495 e. The number of nitrogens with one attached hydrogen (secondary N) is 2. The summed E-state index contributed by atoms with van der Waals surface area (Å²) in [7, 11) is 4.65. The monoisotopic (exact) mass is 350 g/mol. The Hall–Kier alpha value is -2.60. The second-order valence-corrected chi connectivity index (χ2v) is 5.25. The molecule has 0 saturated heterocycles. The van der Waals surface area contributed by atoms with Gasteiger partial charge < -0.3 is 24.8 Å². The van der Waals surface area contributed by atoms with Gasteiger partial charge in [0.1, 0.15) is 5.75 Å². The maximum Gasteiger partial charge on any atom is 0.243 e. The average molecular weight is 351 g/mol. The second-order valence-electron chi connectivity index (χ2n) is 4.82. The lowest BCUT2D eigenvalue weighted by molar-refractivity contribution is -0.114. The third-order valence-corrected chi connectivity index (χ3v) is 3.51. The summed E-state index contributed by atoms with van der Waals surface area (Å²) in [5.74, 6) is 1.51. The Bertz CT molecular complexity index is 722. The molecule has 2 aromatic carbocycles. The third-order valence-electron chi connectivity index (χ3n) is 3.27. The summed E-state index contributed by atoms with van der Waals surface area (Å²) in [6, 6.07) is 10.3. The molecule has 0 bridgehead atoms. The molecule has 0 unspecified atom stereocenters. The van der Waals surface area contributed by atoms with E-state index in [2.05, 4.69) is 10.6 Å². The van der Waals surface area contributed by atoms with Crippen LogP contribution in [-0.4, -0.2) is 33.8 Å². The fraction of sp³-hybridized carbons (Fsp3) is 0.235. The van der Waals surface area contributed by atoms with E-state index in [9.17, 15) is 4.79 Å². The maximum atomic E-state index is 12.1. The SMILES string of the molecule is COc1ccc(Cl)cc1NC(=O)CNc1ccc(OC)c(OC)c1. The molecular weight excluding hydrogens is 332 g/mol. The number of benzene rings is 2. The number of rotatable bonds is 7. The first-order chi connectivity index (χ1) is 11.6. The average Bonchev–Trinajstić information content (AvgIpc) is 2.59. The standard InChI is InChI=1S/C17H19ClN2O4/c1-22-14-6-4-11(18)8-13(14)20-17(21)10-19-12-5-7-15(23-2)16(9-12)24-3/h4-9,19H,10H2,1-3H3,(H,20,21). The molecule has 0 aliphatic rings. The molecule has 128 valence electrons. The molecule has 2 N–H and O–H groups in total. The number of anilines is 2. The van der Waals surface area contributed by atoms with E-state index >= 15 is 0 Å². The molecule has 0 heterocycles. The van der Waals surface area contributed by atoms with Crippen LogP contribution in [0, 0.1) is 0 Å². The van der Waals surface area contributed by atoms with Crippen LogP contribution in [0.15, 0.2) is 36.4 Å². The minimum absolute atomic E-state index is 0.0746. The number of halogens is 1. The van der Waals surface area contributed by atoms with Gasteiger partial charge in [-0.25, -0.2) is 0 Å². The molecule has 0 radical (unpaired) electrons. The molecule has 7 heteroatoms. The highest BCUT2D eigenvalue weighted by molar-refractivity contribution is 6.31. The number of methoxy groups -OCH3 is 3. The first-order valence-electron chi connectivity index (χ1n) is 7.16. The van der Waals surface area contributed by atoms with Gasteiger partial charge in [0.15, 0.2) is 11.5 Å². The molecule has 6 nitrogen and oxygen atoms in total. The van der Waals surface area contributed by atoms with E-state index in [0.29, 0.717) is 28.0 Å². The van der Waals surface area contributed by atoms with Gasteiger partial charge in [-0.15, -0.1) is 0 Å². The Morgan fingerprint density at radius 1 is 0.958 bits per heavy atom. The highest BCUT2D eigenvalue weighted by Gasteiger charge is 2.09. The molecule has 0 spiro atoms. The Balaban J connectivity index is 2.00. The fourth-order valence-electron chi connectivity index (χ4n) is 2.10. The van der Waals surface area contributed by atoms with Crippen molar-refractivity contribution in [2.45, 2.75) is 0 Å². The molecule has 0 saturated carbocycles. The number of carbonyl (C=O) groups is 1. The van der Waals surface area contributed by atoms with Gasteiger partial charge in [0, 0.05) is 16.8 Å². The van der Waals surface area contributed by atoms with Gasteiger partial charge >= 0.3 is 0 Å². The molecule has 0 aromatic heterocycles. The van der Waals surface area contributed by atoms with Crippen LogP contribution in [0.2, 0.25) is 5.02 Å². The van der Waals surface area contributed by atoms with E-state index in [-0.39, 0.29) is 12.5 Å². The quantitative estimate of drug-likeness (QED) is 0.800. The molecule has 0 atom stereocenters. The van der Waals surface area contributed by atoms with Crippen molar-refractivity contribution in [1.29, 1.82) is 0 Å². The third kappa shape index (κ3) is 4.45. The van der Waals surface area contributed by atoms with Crippen molar-refractivity contribution in [3.8, 4) is 17.2 Å². The summed E-state index contributed by atoms with van der Waals surface area (Å²) in [5, 5.41) is 6.29. The number of amides is 1. The fourth-order valence-corrected chi connectivity index (χ4v) is 2.27. The summed E-state index contributed by atoms with van der Waals surface area (Å²) in [6.07, 6.45) is 0. The summed E-state index contributed by atoms with van der Waals surface area (Å²) in [6.45, 7) is 0.0746. The molecule has 0 aliphatic carbocycles. The summed E-state index contributed by atoms with van der Waals surface area (Å²) in [4.78, 5) is 12.1. The first kappa shape index (κ1) is 17.7. The van der Waals surface area contributed by atoms with Crippen LogP contribution in [-0.2, 0) is 4.79 Å². The molecule has 24 heavy (non-hydrogen) atoms. The van der Waals surface area contributed by atoms with Crippen molar-refractivity contribution in [3.63, 3.8) is 0 Å². The highest BCUT2D eigenvalue weighted by atomic mass is 35.5. The van der Waals surface area contributed by atoms with Gasteiger partial charge in [-0.05, 0) is 30.3 Å². The molecule has 0 fully saturated rings. The van der Waals surface area contributed by atoms with Gasteiger partial charge in [0.25, 0.3) is 0 Å². The maximum absolute atomic E-state index is 12.1. The van der Waals surface area contributed by atoms with Crippen molar-refractivity contribution in [2.24, 2.45) is 0 Å². The number of ether oxygens (including phenoxy) is 3. The normalized spacial score (nSPS) is 10.0. The predicted molar refractivity (Wildman–Crippen MR) is 94.7 cm³/mol. The van der Waals surface area contributed by atoms with Crippen LogP contribution in [0.5, 0.6) is 17.2 Å². The second kappa shape index (κ2) is 8.31. The summed E-state index contributed by atoms with van der Waals surface area (Å²) >= 11 is 5.94. The van der Waals surface area contributed by atoms with Crippen molar-refractivity contribution >= 4 is 28.9 Å². The van der Waals surface area contributed by atoms with Gasteiger partial charge in [-0.3, -0.25) is 4.79 Å². The van der Waals surface area contributed by atoms with E-state index in [4.69, 9.17) is 25.8 Å². The highest BCUT2D eigenvalue weighted by Crippen LogP contribution is 2.30. The predicted octanol–water partition coefficient (Wildman–Crippen LogP) is 3.42. The zero-order chi connectivity index (χ0) is 17.5. The molecule has 2 rings (SSSR count). The van der Waals surface area contributed by atoms with Crippen molar-refractivity contribution < 1.29 is 19.0 Å². The van der Waals surface area contributed by atoms with Gasteiger partial charge in [0.2, 0.25) is 5.91 Å². The molecule has 0 aliphatic heterocycles. The van der Waals surface area contributed by atoms with E-state index in [1.165, 1.54) is 7.11 Å². The molecular formula is C17H19ClN2O4. The summed E-state index contributed by atoms with van der Waals surface area (Å²) in [5.41, 5.74) is 1.25. The van der Waals surface area contributed by atoms with Crippen molar-refractivity contribution in [3.05, 3.63) is 41.4 Å². The zero-order valence-electron chi connectivity index (χ0n) is 13.7. The van der Waals surface area contributed by atoms with Crippen LogP contribution in [0.3, 0.4) is 0 Å². The van der Waals surface area contributed by atoms with E-state index in [0.717, 1.165) is 5.69 Å². The van der Waals surface area contributed by atoms with Crippen LogP contribution in [0.1, 0.15) is 0 Å². The van der Waals surface area contributed by atoms with E-state index in [1.807, 2.05) is 0 Å². The minimum atomic E-state index is -0.231. The van der Waals surface area contributed by atoms with Gasteiger partial charge in [-0.2, -0.15) is 0 Å². The zero-order valence-corrected chi connectivity index (χ0v) is 14.4. The van der Waals surface area contributed by atoms with Gasteiger partial charge in [0.05, 0.1) is 33.6 Å². The smallest absolute Gasteiger partial charge is 0.243 e. The van der Waals surface area contributed by atoms with Crippen molar-refractivity contribution in [1.82, 2.24) is 0 Å². The topological polar surface area (TPSA) is 68.8 Å². The Kier molecular flexibility index (Phi) is 6.14. The number of carbonyl (C=O) groups excluding carboxylic acids is 1. The van der Waals surface area contributed by atoms with Crippen LogP contribution >= 0.6 is 11.6 Å². The molecule has 2 aromatic rings. The summed E-state index contributed by atoms with van der Waals surface area (Å²) < 4.78 is 15.6. The van der Waals surface area contributed by atoms with Crippen LogP contribution in [0.4, 0.5) is 11.4 Å². The Morgan fingerprint density at radius 3 is 2.29 bits per heavy atom. The van der Waals surface area contributed by atoms with Gasteiger partial charge in [-0.1, -0.05) is 11.6 Å². The van der Waals surface area contributed by atoms with Crippen LogP contribution < -0.4 is 24.8 Å². The molecule has 1 amide bonds. The van der Waals surface area contributed by atoms with E-state index < -0.39 is 0 Å². The van der Waals surface area contributed by atoms with Crippen molar-refractivity contribution in [2.75, 3.05) is 38.5 Å². The largest absolute Gasteiger partial charge is 0.495 e. The lowest BCUT2D eigenvalue weighted by atomic mass is 10.2. The Morgan fingerprint density at radius 2 is 1.62 bits per heavy atom. The lowest BCUT2D eigenvalue weighted by Crippen LogP contribution is -2.22. The van der Waals surface area contributed by atoms with Crippen LogP contribution in [0.25, 0.3) is 0 Å². The first-order valence-corrected chi connectivity index (χ1v) is 7.54. The van der Waals surface area contributed by atoms with E-state index in [1.54, 1.807) is 50.6 Å². The Labute approximate surface area is 145 Å². The number of hydrogen-bond acceptors (Lipinski definition) is 5.